The summed E-state index contributed by atoms with van der Waals surface area (Å²) in [6.07, 6.45) is 5.50. The van der Waals surface area contributed by atoms with Gasteiger partial charge in [0.25, 0.3) is 0 Å². The third-order valence-corrected chi connectivity index (χ3v) is 7.02. The van der Waals surface area contributed by atoms with Crippen molar-refractivity contribution in [3.63, 3.8) is 0 Å². The summed E-state index contributed by atoms with van der Waals surface area (Å²) >= 11 is 0. The van der Waals surface area contributed by atoms with E-state index in [1.807, 2.05) is 28.1 Å². The van der Waals surface area contributed by atoms with Crippen LogP contribution in [0.3, 0.4) is 0 Å². The third kappa shape index (κ3) is 7.09. The molecule has 1 aliphatic heterocycles. The fourth-order valence-corrected chi connectivity index (χ4v) is 4.84. The predicted molar refractivity (Wildman–Crippen MR) is 145 cm³/mol. The molecule has 37 heavy (non-hydrogen) atoms. The fourth-order valence-electron chi connectivity index (χ4n) is 4.84. The zero-order valence-corrected chi connectivity index (χ0v) is 21.2. The Balaban J connectivity index is 1.43. The van der Waals surface area contributed by atoms with Gasteiger partial charge in [0.15, 0.2) is 0 Å². The van der Waals surface area contributed by atoms with Crippen molar-refractivity contribution < 1.29 is 19.9 Å². The van der Waals surface area contributed by atoms with Gasteiger partial charge in [-0.2, -0.15) is 0 Å². The number of aliphatic hydroxyl groups excluding tert-OH is 1. The zero-order valence-electron chi connectivity index (χ0n) is 21.2. The molecule has 198 valence electrons. The predicted octanol–water partition coefficient (Wildman–Crippen LogP) is 3.83. The van der Waals surface area contributed by atoms with Crippen LogP contribution in [0.1, 0.15) is 32.1 Å². The number of carbonyl (C=O) groups excluding carboxylic acids is 2. The molecule has 0 saturated carbocycles. The highest BCUT2D eigenvalue weighted by Crippen LogP contribution is 2.27. The summed E-state index contributed by atoms with van der Waals surface area (Å²) < 4.78 is 0. The molecule has 3 aromatic rings. The number of unbranched alkanes of at least 4 members (excludes halogenated alkanes) is 3. The monoisotopic (exact) mass is 507 g/mol. The van der Waals surface area contributed by atoms with Gasteiger partial charge in [-0.1, -0.05) is 37.1 Å². The summed E-state index contributed by atoms with van der Waals surface area (Å²) in [4.78, 5) is 34.0. The molecule has 4 N–H and O–H groups in total. The minimum Gasteiger partial charge on any atom is -0.395 e. The van der Waals surface area contributed by atoms with Crippen LogP contribution in [0.5, 0.6) is 0 Å². The first-order valence-electron chi connectivity index (χ1n) is 13.1. The number of carbonyl (C=O) groups is 2. The number of urea groups is 1. The number of piperazine rings is 1. The van der Waals surface area contributed by atoms with Crippen LogP contribution in [0.25, 0.3) is 22.0 Å². The van der Waals surface area contributed by atoms with E-state index in [-0.39, 0.29) is 18.5 Å². The van der Waals surface area contributed by atoms with E-state index in [4.69, 9.17) is 5.21 Å². The number of hydroxylamine groups is 1. The molecule has 0 bridgehead atoms. The van der Waals surface area contributed by atoms with Crippen molar-refractivity contribution in [1.82, 2.24) is 20.3 Å². The van der Waals surface area contributed by atoms with Crippen molar-refractivity contribution in [2.45, 2.75) is 32.1 Å². The molecule has 0 atom stereocenters. The lowest BCUT2D eigenvalue weighted by molar-refractivity contribution is -0.129. The Bertz CT molecular complexity index is 1150. The summed E-state index contributed by atoms with van der Waals surface area (Å²) in [6, 6.07) is 16.6. The molecule has 3 amide bonds. The first kappa shape index (κ1) is 26.7. The Morgan fingerprint density at radius 3 is 2.38 bits per heavy atom. The number of rotatable bonds is 11. The van der Waals surface area contributed by atoms with Crippen molar-refractivity contribution in [2.24, 2.45) is 0 Å². The molecular formula is C28H37N5O4. The van der Waals surface area contributed by atoms with Gasteiger partial charge in [0, 0.05) is 63.1 Å². The Hall–Kier alpha value is -3.40. The number of β-amino-alcohol motifs (C(OH)–C–C–N with tert-alkyl or cyclic N) is 1. The van der Waals surface area contributed by atoms with Crippen LogP contribution in [0.2, 0.25) is 0 Å². The van der Waals surface area contributed by atoms with Crippen LogP contribution in [-0.4, -0.2) is 82.9 Å². The lowest BCUT2D eigenvalue weighted by atomic mass is 10.0. The number of H-pyrrole nitrogens is 1. The summed E-state index contributed by atoms with van der Waals surface area (Å²) in [5, 5.41) is 19.0. The molecule has 0 radical (unpaired) electrons. The van der Waals surface area contributed by atoms with E-state index >= 15 is 0 Å². The molecule has 1 aromatic heterocycles. The van der Waals surface area contributed by atoms with Gasteiger partial charge in [-0.05, 0) is 53.6 Å². The normalized spacial score (nSPS) is 14.2. The number of fused-ring (bicyclic) bond motifs is 1. The van der Waals surface area contributed by atoms with Gasteiger partial charge >= 0.3 is 6.03 Å². The van der Waals surface area contributed by atoms with Crippen LogP contribution in [0.15, 0.2) is 54.7 Å². The molecular weight excluding hydrogens is 470 g/mol. The van der Waals surface area contributed by atoms with Crippen LogP contribution in [0, 0.1) is 0 Å². The van der Waals surface area contributed by atoms with E-state index in [1.54, 1.807) is 5.48 Å². The molecule has 4 rings (SSSR count). The Morgan fingerprint density at radius 1 is 0.919 bits per heavy atom. The average molecular weight is 508 g/mol. The van der Waals surface area contributed by atoms with Gasteiger partial charge in [0.1, 0.15) is 0 Å². The van der Waals surface area contributed by atoms with Crippen molar-refractivity contribution >= 4 is 28.5 Å². The second-order valence-corrected chi connectivity index (χ2v) is 9.51. The highest BCUT2D eigenvalue weighted by molar-refractivity contribution is 5.92. The second kappa shape index (κ2) is 13.2. The lowest BCUT2D eigenvalue weighted by Crippen LogP contribution is -2.53. The van der Waals surface area contributed by atoms with E-state index in [0.29, 0.717) is 39.0 Å². The first-order valence-corrected chi connectivity index (χ1v) is 13.1. The van der Waals surface area contributed by atoms with Gasteiger partial charge in [-0.25, -0.2) is 10.3 Å². The third-order valence-electron chi connectivity index (χ3n) is 7.02. The maximum Gasteiger partial charge on any atom is 0.324 e. The number of hydrogen-bond donors (Lipinski definition) is 4. The van der Waals surface area contributed by atoms with Crippen molar-refractivity contribution in [3.05, 3.63) is 54.7 Å². The Morgan fingerprint density at radius 2 is 1.65 bits per heavy atom. The van der Waals surface area contributed by atoms with Gasteiger partial charge in [0.2, 0.25) is 5.91 Å². The topological polar surface area (TPSA) is 112 Å². The highest BCUT2D eigenvalue weighted by Gasteiger charge is 2.26. The molecule has 1 fully saturated rings. The zero-order chi connectivity index (χ0) is 26.0. The summed E-state index contributed by atoms with van der Waals surface area (Å²) in [5.41, 5.74) is 5.83. The SMILES string of the molecule is O=C(CCCCCCN(C(=O)N1CCN(CCO)CC1)c1ccc(-c2ccc3cc[nH]c3c2)cc1)NO. The molecule has 1 saturated heterocycles. The number of benzene rings is 2. The highest BCUT2D eigenvalue weighted by atomic mass is 16.5. The average Bonchev–Trinajstić information content (AvgIpc) is 3.41. The van der Waals surface area contributed by atoms with Crippen LogP contribution < -0.4 is 10.4 Å². The van der Waals surface area contributed by atoms with Crippen molar-refractivity contribution in [3.8, 4) is 11.1 Å². The van der Waals surface area contributed by atoms with Gasteiger partial charge in [-0.3, -0.25) is 19.8 Å². The number of hydrogen-bond acceptors (Lipinski definition) is 5. The number of aliphatic hydroxyl groups is 1. The van der Waals surface area contributed by atoms with E-state index in [1.165, 1.54) is 5.39 Å². The quantitative estimate of drug-likeness (QED) is 0.179. The minimum absolute atomic E-state index is 0.00358. The molecule has 0 aliphatic carbocycles. The van der Waals surface area contributed by atoms with E-state index < -0.39 is 0 Å². The van der Waals surface area contributed by atoms with E-state index in [0.717, 1.165) is 54.7 Å². The summed E-state index contributed by atoms with van der Waals surface area (Å²) in [7, 11) is 0. The van der Waals surface area contributed by atoms with E-state index in [9.17, 15) is 14.7 Å². The summed E-state index contributed by atoms with van der Waals surface area (Å²) in [6.45, 7) is 4.15. The molecule has 0 spiro atoms. The second-order valence-electron chi connectivity index (χ2n) is 9.51. The molecule has 2 aromatic carbocycles. The Labute approximate surface area is 217 Å². The largest absolute Gasteiger partial charge is 0.395 e. The maximum atomic E-state index is 13.6. The maximum absolute atomic E-state index is 13.6. The molecule has 1 aliphatic rings. The van der Waals surface area contributed by atoms with Gasteiger partial charge in [-0.15, -0.1) is 0 Å². The molecule has 2 heterocycles. The van der Waals surface area contributed by atoms with Crippen molar-refractivity contribution in [2.75, 3.05) is 50.8 Å². The minimum atomic E-state index is -0.368. The Kier molecular flexibility index (Phi) is 9.53. The lowest BCUT2D eigenvalue weighted by Gasteiger charge is -2.37. The molecule has 0 unspecified atom stereocenters. The first-order chi connectivity index (χ1) is 18.1. The standard InChI is InChI=1S/C28H37N5O4/c34-20-19-31-15-17-32(18-16-31)28(36)33(14-4-2-1-3-5-27(35)30-37)25-10-8-22(9-11-25)24-7-6-23-12-13-29-26(23)21-24/h6-13,21,29,34,37H,1-5,14-20H2,(H,30,35). The molecule has 9 heteroatoms. The number of amides is 3. The number of aromatic amines is 1. The number of nitrogens with one attached hydrogen (secondary N) is 2. The van der Waals surface area contributed by atoms with Gasteiger partial charge in [0.05, 0.1) is 6.61 Å². The number of nitrogens with zero attached hydrogens (tertiary/aromatic N) is 3. The molecule has 9 nitrogen and oxygen atoms in total. The number of aromatic nitrogens is 1. The van der Waals surface area contributed by atoms with E-state index in [2.05, 4.69) is 46.3 Å². The number of anilines is 1. The summed E-state index contributed by atoms with van der Waals surface area (Å²) in [5.74, 6) is -0.368. The van der Waals surface area contributed by atoms with Gasteiger partial charge < -0.3 is 15.0 Å². The van der Waals surface area contributed by atoms with Crippen molar-refractivity contribution in [1.29, 1.82) is 0 Å². The van der Waals surface area contributed by atoms with Crippen LogP contribution >= 0.6 is 0 Å². The van der Waals surface area contributed by atoms with Crippen LogP contribution in [-0.2, 0) is 4.79 Å². The fraction of sp³-hybridized carbons (Fsp3) is 0.429. The smallest absolute Gasteiger partial charge is 0.324 e. The van der Waals surface area contributed by atoms with Crippen LogP contribution in [0.4, 0.5) is 10.5 Å².